The van der Waals surface area contributed by atoms with Gasteiger partial charge >= 0.3 is 0 Å². The number of hydrogen-bond acceptors (Lipinski definition) is 4. The number of nitrogens with zero attached hydrogens (tertiary/aromatic N) is 2. The minimum atomic E-state index is 0.284. The standard InChI is InChI=1S/C19H28N4O/c1-12-5-18-21-10-14(11-23(18)22-12)9-20-16-7-19(3,4)8-17-15(16)6-13(2)24-17/h5-6,14,16,20-21H,7-11H2,1-4H3/t14-,16-/m0/s1. The summed E-state index contributed by atoms with van der Waals surface area (Å²) < 4.78 is 8.05. The summed E-state index contributed by atoms with van der Waals surface area (Å²) in [5.74, 6) is 3.90. The third-order valence-electron chi connectivity index (χ3n) is 5.29. The first kappa shape index (κ1) is 15.8. The van der Waals surface area contributed by atoms with E-state index >= 15 is 0 Å². The number of aryl methyl sites for hydroxylation is 2. The zero-order valence-electron chi connectivity index (χ0n) is 15.1. The van der Waals surface area contributed by atoms with Crippen molar-refractivity contribution in [1.29, 1.82) is 0 Å². The average Bonchev–Trinajstić information content (AvgIpc) is 3.03. The second-order valence-electron chi connectivity index (χ2n) is 8.34. The van der Waals surface area contributed by atoms with Crippen molar-refractivity contribution in [3.8, 4) is 0 Å². The second-order valence-corrected chi connectivity index (χ2v) is 8.34. The first-order valence-electron chi connectivity index (χ1n) is 9.00. The predicted molar refractivity (Wildman–Crippen MR) is 95.2 cm³/mol. The highest BCUT2D eigenvalue weighted by atomic mass is 16.3. The van der Waals surface area contributed by atoms with E-state index in [1.807, 2.05) is 6.92 Å². The lowest BCUT2D eigenvalue weighted by atomic mass is 9.74. The van der Waals surface area contributed by atoms with Crippen LogP contribution in [0, 0.1) is 25.2 Å². The predicted octanol–water partition coefficient (Wildman–Crippen LogP) is 3.44. The molecule has 0 spiro atoms. The van der Waals surface area contributed by atoms with Gasteiger partial charge in [0.05, 0.1) is 5.69 Å². The molecule has 0 radical (unpaired) electrons. The number of furan rings is 1. The average molecular weight is 328 g/mol. The van der Waals surface area contributed by atoms with Crippen molar-refractivity contribution < 1.29 is 4.42 Å². The molecular weight excluding hydrogens is 300 g/mol. The number of anilines is 1. The lowest BCUT2D eigenvalue weighted by Crippen LogP contribution is -2.39. The Bertz CT molecular complexity index is 743. The highest BCUT2D eigenvalue weighted by Gasteiger charge is 2.35. The lowest BCUT2D eigenvalue weighted by Gasteiger charge is -2.36. The third-order valence-corrected chi connectivity index (χ3v) is 5.29. The van der Waals surface area contributed by atoms with E-state index in [0.29, 0.717) is 12.0 Å². The highest BCUT2D eigenvalue weighted by molar-refractivity contribution is 5.38. The molecule has 1 aliphatic carbocycles. The summed E-state index contributed by atoms with van der Waals surface area (Å²) in [5.41, 5.74) is 2.73. The monoisotopic (exact) mass is 328 g/mol. The normalized spacial score (nSPS) is 25.0. The van der Waals surface area contributed by atoms with Gasteiger partial charge in [-0.25, -0.2) is 4.68 Å². The summed E-state index contributed by atoms with van der Waals surface area (Å²) in [6, 6.07) is 4.73. The Balaban J connectivity index is 1.44. The largest absolute Gasteiger partial charge is 0.466 e. The van der Waals surface area contributed by atoms with Gasteiger partial charge in [-0.3, -0.25) is 0 Å². The minimum absolute atomic E-state index is 0.284. The zero-order chi connectivity index (χ0) is 16.9. The van der Waals surface area contributed by atoms with Crippen LogP contribution < -0.4 is 10.6 Å². The fraction of sp³-hybridized carbons (Fsp3) is 0.632. The topological polar surface area (TPSA) is 55.0 Å². The van der Waals surface area contributed by atoms with E-state index in [1.54, 1.807) is 0 Å². The van der Waals surface area contributed by atoms with Gasteiger partial charge in [-0.1, -0.05) is 13.8 Å². The minimum Gasteiger partial charge on any atom is -0.466 e. The smallest absolute Gasteiger partial charge is 0.124 e. The molecule has 0 saturated heterocycles. The van der Waals surface area contributed by atoms with E-state index in [1.165, 1.54) is 11.3 Å². The Hall–Kier alpha value is -1.75. The van der Waals surface area contributed by atoms with Gasteiger partial charge in [-0.15, -0.1) is 0 Å². The van der Waals surface area contributed by atoms with Crippen LogP contribution in [0.25, 0.3) is 0 Å². The van der Waals surface area contributed by atoms with Gasteiger partial charge < -0.3 is 15.1 Å². The van der Waals surface area contributed by atoms with E-state index in [4.69, 9.17) is 4.42 Å². The van der Waals surface area contributed by atoms with Crippen LogP contribution in [0.1, 0.15) is 49.1 Å². The Kier molecular flexibility index (Phi) is 3.71. The van der Waals surface area contributed by atoms with Crippen LogP contribution in [0.4, 0.5) is 5.82 Å². The highest BCUT2D eigenvalue weighted by Crippen LogP contribution is 2.42. The summed E-state index contributed by atoms with van der Waals surface area (Å²) in [7, 11) is 0. The molecule has 5 nitrogen and oxygen atoms in total. The second kappa shape index (κ2) is 5.66. The molecule has 5 heteroatoms. The van der Waals surface area contributed by atoms with Crippen LogP contribution in [0.5, 0.6) is 0 Å². The molecule has 0 saturated carbocycles. The van der Waals surface area contributed by atoms with Gasteiger partial charge in [0.2, 0.25) is 0 Å². The number of fused-ring (bicyclic) bond motifs is 2. The van der Waals surface area contributed by atoms with E-state index in [2.05, 4.69) is 53.3 Å². The molecule has 0 amide bonds. The van der Waals surface area contributed by atoms with Crippen LogP contribution in [0.15, 0.2) is 16.5 Å². The summed E-state index contributed by atoms with van der Waals surface area (Å²) >= 11 is 0. The molecule has 0 unspecified atom stereocenters. The molecule has 0 aromatic carbocycles. The molecule has 2 aliphatic rings. The van der Waals surface area contributed by atoms with Gasteiger partial charge in [-0.2, -0.15) is 5.10 Å². The molecule has 2 N–H and O–H groups in total. The van der Waals surface area contributed by atoms with Crippen molar-refractivity contribution in [2.45, 2.75) is 53.1 Å². The first-order chi connectivity index (χ1) is 11.4. The molecule has 2 aromatic heterocycles. The molecule has 0 fully saturated rings. The molecule has 130 valence electrons. The maximum Gasteiger partial charge on any atom is 0.124 e. The summed E-state index contributed by atoms with van der Waals surface area (Å²) in [4.78, 5) is 0. The van der Waals surface area contributed by atoms with Gasteiger partial charge in [0, 0.05) is 49.6 Å². The molecular formula is C19H28N4O. The van der Waals surface area contributed by atoms with Crippen LogP contribution in [0.2, 0.25) is 0 Å². The van der Waals surface area contributed by atoms with Crippen LogP contribution in [0.3, 0.4) is 0 Å². The van der Waals surface area contributed by atoms with Crippen molar-refractivity contribution in [2.75, 3.05) is 18.4 Å². The van der Waals surface area contributed by atoms with E-state index in [-0.39, 0.29) is 5.41 Å². The van der Waals surface area contributed by atoms with E-state index < -0.39 is 0 Å². The summed E-state index contributed by atoms with van der Waals surface area (Å²) in [6.45, 7) is 11.8. The number of rotatable bonds is 3. The number of nitrogens with one attached hydrogen (secondary N) is 2. The summed E-state index contributed by atoms with van der Waals surface area (Å²) in [5, 5.41) is 11.9. The molecule has 1 aliphatic heterocycles. The molecule has 0 bridgehead atoms. The SMILES string of the molecule is Cc1cc2n(n1)C[C@@H](CN[C@H]1CC(C)(C)Cc3oc(C)cc31)CN2. The van der Waals surface area contributed by atoms with Gasteiger partial charge in [-0.05, 0) is 31.7 Å². The molecule has 24 heavy (non-hydrogen) atoms. The van der Waals surface area contributed by atoms with Crippen molar-refractivity contribution in [1.82, 2.24) is 15.1 Å². The fourth-order valence-corrected chi connectivity index (χ4v) is 4.20. The van der Waals surface area contributed by atoms with Crippen LogP contribution in [-0.2, 0) is 13.0 Å². The molecule has 2 aromatic rings. The zero-order valence-corrected chi connectivity index (χ0v) is 15.1. The maximum absolute atomic E-state index is 5.95. The van der Waals surface area contributed by atoms with Crippen molar-refractivity contribution >= 4 is 5.82 Å². The van der Waals surface area contributed by atoms with E-state index in [9.17, 15) is 0 Å². The molecule has 3 heterocycles. The van der Waals surface area contributed by atoms with Crippen molar-refractivity contribution in [3.63, 3.8) is 0 Å². The van der Waals surface area contributed by atoms with Crippen LogP contribution in [-0.4, -0.2) is 22.9 Å². The Labute approximate surface area is 143 Å². The number of aromatic nitrogens is 2. The van der Waals surface area contributed by atoms with Gasteiger partial charge in [0.25, 0.3) is 0 Å². The number of hydrogen-bond donors (Lipinski definition) is 2. The van der Waals surface area contributed by atoms with Crippen molar-refractivity contribution in [3.05, 3.63) is 34.9 Å². The van der Waals surface area contributed by atoms with Crippen molar-refractivity contribution in [2.24, 2.45) is 11.3 Å². The molecule has 2 atom stereocenters. The first-order valence-corrected chi connectivity index (χ1v) is 9.00. The Morgan fingerprint density at radius 2 is 2.21 bits per heavy atom. The van der Waals surface area contributed by atoms with Gasteiger partial charge in [0.15, 0.2) is 0 Å². The van der Waals surface area contributed by atoms with Crippen LogP contribution >= 0.6 is 0 Å². The van der Waals surface area contributed by atoms with E-state index in [0.717, 1.165) is 49.7 Å². The fourth-order valence-electron chi connectivity index (χ4n) is 4.20. The Morgan fingerprint density at radius 1 is 1.38 bits per heavy atom. The third kappa shape index (κ3) is 2.97. The lowest BCUT2D eigenvalue weighted by molar-refractivity contribution is 0.227. The summed E-state index contributed by atoms with van der Waals surface area (Å²) in [6.07, 6.45) is 2.19. The molecule has 4 rings (SSSR count). The quantitative estimate of drug-likeness (QED) is 0.906. The maximum atomic E-state index is 5.95. The Morgan fingerprint density at radius 3 is 3.04 bits per heavy atom. The van der Waals surface area contributed by atoms with Gasteiger partial charge in [0.1, 0.15) is 17.3 Å².